The molecule has 2 aromatic carbocycles. The first-order valence-electron chi connectivity index (χ1n) is 10.5. The van der Waals surface area contributed by atoms with Gasteiger partial charge in [-0.05, 0) is 55.5 Å². The maximum atomic E-state index is 13.3. The molecule has 2 aromatic rings. The van der Waals surface area contributed by atoms with Crippen molar-refractivity contribution in [3.63, 3.8) is 0 Å². The Morgan fingerprint density at radius 3 is 2.40 bits per heavy atom. The number of aryl methyl sites for hydroxylation is 2. The Kier molecular flexibility index (Phi) is 5.66. The molecule has 1 saturated carbocycles. The van der Waals surface area contributed by atoms with Crippen LogP contribution in [0.15, 0.2) is 36.4 Å². The number of anilines is 1. The van der Waals surface area contributed by atoms with Crippen molar-refractivity contribution in [3.8, 4) is 11.5 Å². The summed E-state index contributed by atoms with van der Waals surface area (Å²) in [6, 6.07) is 11.6. The van der Waals surface area contributed by atoms with E-state index in [2.05, 4.69) is 10.6 Å². The van der Waals surface area contributed by atoms with E-state index in [9.17, 15) is 9.59 Å². The molecule has 1 aliphatic heterocycles. The van der Waals surface area contributed by atoms with Crippen LogP contribution in [-0.4, -0.2) is 25.2 Å². The van der Waals surface area contributed by atoms with Crippen LogP contribution in [0.2, 0.25) is 0 Å². The predicted molar refractivity (Wildman–Crippen MR) is 115 cm³/mol. The summed E-state index contributed by atoms with van der Waals surface area (Å²) in [6.45, 7) is 4.06. The lowest BCUT2D eigenvalue weighted by Crippen LogP contribution is -2.47. The molecule has 0 saturated heterocycles. The number of hydrogen-bond acceptors (Lipinski definition) is 4. The average Bonchev–Trinajstić information content (AvgIpc) is 3.23. The van der Waals surface area contributed by atoms with Gasteiger partial charge in [0.2, 0.25) is 18.6 Å². The molecule has 2 amide bonds. The van der Waals surface area contributed by atoms with Gasteiger partial charge in [0.25, 0.3) is 0 Å². The minimum absolute atomic E-state index is 0.0566. The largest absolute Gasteiger partial charge is 0.454 e. The van der Waals surface area contributed by atoms with Crippen LogP contribution in [-0.2, 0) is 15.0 Å². The molecule has 0 unspecified atom stereocenters. The molecule has 0 bridgehead atoms. The van der Waals surface area contributed by atoms with Gasteiger partial charge in [-0.3, -0.25) is 9.59 Å². The van der Waals surface area contributed by atoms with E-state index in [1.54, 1.807) is 0 Å². The third-order valence-electron chi connectivity index (χ3n) is 6.22. The maximum absolute atomic E-state index is 13.3. The van der Waals surface area contributed by atoms with Crippen LogP contribution >= 0.6 is 0 Å². The summed E-state index contributed by atoms with van der Waals surface area (Å²) in [5.74, 6) is 1.06. The average molecular weight is 408 g/mol. The SMILES string of the molecule is Cc1cccc(C)c1NC(=O)CNC(=O)C1(c2ccc3c(c2)OCO3)CCCCC1. The van der Waals surface area contributed by atoms with Crippen LogP contribution in [0.5, 0.6) is 11.5 Å². The monoisotopic (exact) mass is 408 g/mol. The molecule has 6 heteroatoms. The lowest BCUT2D eigenvalue weighted by Gasteiger charge is -2.36. The summed E-state index contributed by atoms with van der Waals surface area (Å²) in [4.78, 5) is 25.9. The number of carbonyl (C=O) groups is 2. The first-order valence-corrected chi connectivity index (χ1v) is 10.5. The highest BCUT2D eigenvalue weighted by Gasteiger charge is 2.41. The Balaban J connectivity index is 1.48. The Morgan fingerprint density at radius 1 is 0.967 bits per heavy atom. The predicted octanol–water partition coefficient (Wildman–Crippen LogP) is 3.99. The molecular formula is C24H28N2O4. The van der Waals surface area contributed by atoms with Gasteiger partial charge >= 0.3 is 0 Å². The number of carbonyl (C=O) groups excluding carboxylic acids is 2. The van der Waals surface area contributed by atoms with Gasteiger partial charge in [-0.2, -0.15) is 0 Å². The zero-order valence-corrected chi connectivity index (χ0v) is 17.5. The van der Waals surface area contributed by atoms with Gasteiger partial charge in [0.05, 0.1) is 12.0 Å². The van der Waals surface area contributed by atoms with Crippen molar-refractivity contribution in [2.45, 2.75) is 51.4 Å². The van der Waals surface area contributed by atoms with Crippen LogP contribution in [0.25, 0.3) is 0 Å². The van der Waals surface area contributed by atoms with Crippen molar-refractivity contribution in [3.05, 3.63) is 53.1 Å². The Hall–Kier alpha value is -3.02. The molecule has 0 spiro atoms. The number of para-hydroxylation sites is 1. The van der Waals surface area contributed by atoms with E-state index in [-0.39, 0.29) is 25.2 Å². The van der Waals surface area contributed by atoms with Crippen LogP contribution in [0.1, 0.15) is 48.8 Å². The Morgan fingerprint density at radius 2 is 1.67 bits per heavy atom. The first kappa shape index (κ1) is 20.3. The third-order valence-corrected chi connectivity index (χ3v) is 6.22. The van der Waals surface area contributed by atoms with Gasteiger partial charge in [0, 0.05) is 5.69 Å². The van der Waals surface area contributed by atoms with Gasteiger partial charge in [-0.15, -0.1) is 0 Å². The van der Waals surface area contributed by atoms with E-state index in [0.29, 0.717) is 11.5 Å². The second-order valence-corrected chi connectivity index (χ2v) is 8.21. The van der Waals surface area contributed by atoms with Gasteiger partial charge in [-0.1, -0.05) is 43.5 Å². The molecule has 2 aliphatic rings. The zero-order valence-electron chi connectivity index (χ0n) is 17.5. The number of amides is 2. The van der Waals surface area contributed by atoms with Crippen LogP contribution in [0, 0.1) is 13.8 Å². The van der Waals surface area contributed by atoms with Crippen LogP contribution in [0.4, 0.5) is 5.69 Å². The summed E-state index contributed by atoms with van der Waals surface area (Å²) < 4.78 is 10.9. The molecule has 0 radical (unpaired) electrons. The van der Waals surface area contributed by atoms with E-state index in [1.807, 2.05) is 50.2 Å². The highest BCUT2D eigenvalue weighted by Crippen LogP contribution is 2.43. The fourth-order valence-corrected chi connectivity index (χ4v) is 4.52. The summed E-state index contributed by atoms with van der Waals surface area (Å²) in [7, 11) is 0. The molecule has 1 aliphatic carbocycles. The lowest BCUT2D eigenvalue weighted by molar-refractivity contribution is -0.129. The van der Waals surface area contributed by atoms with Gasteiger partial charge in [-0.25, -0.2) is 0 Å². The van der Waals surface area contributed by atoms with Crippen molar-refractivity contribution in [1.29, 1.82) is 0 Å². The maximum Gasteiger partial charge on any atom is 0.243 e. The van der Waals surface area contributed by atoms with E-state index in [4.69, 9.17) is 9.47 Å². The molecule has 2 N–H and O–H groups in total. The summed E-state index contributed by atoms with van der Waals surface area (Å²) in [6.07, 6.45) is 4.60. The highest BCUT2D eigenvalue weighted by molar-refractivity contribution is 5.97. The quantitative estimate of drug-likeness (QED) is 0.784. The minimum Gasteiger partial charge on any atom is -0.454 e. The number of hydrogen-bond donors (Lipinski definition) is 2. The van der Waals surface area contributed by atoms with Crippen molar-refractivity contribution in [2.24, 2.45) is 0 Å². The smallest absolute Gasteiger partial charge is 0.243 e. The van der Waals surface area contributed by atoms with E-state index in [1.165, 1.54) is 0 Å². The van der Waals surface area contributed by atoms with Gasteiger partial charge < -0.3 is 20.1 Å². The number of fused-ring (bicyclic) bond motifs is 1. The van der Waals surface area contributed by atoms with Crippen molar-refractivity contribution in [2.75, 3.05) is 18.7 Å². The minimum atomic E-state index is -0.641. The van der Waals surface area contributed by atoms with Crippen molar-refractivity contribution < 1.29 is 19.1 Å². The van der Waals surface area contributed by atoms with E-state index >= 15 is 0 Å². The zero-order chi connectivity index (χ0) is 21.1. The molecule has 0 aromatic heterocycles. The lowest BCUT2D eigenvalue weighted by atomic mass is 9.68. The number of rotatable bonds is 5. The Labute approximate surface area is 177 Å². The number of nitrogens with one attached hydrogen (secondary N) is 2. The standard InChI is InChI=1S/C24H28N2O4/c1-16-7-6-8-17(2)22(16)26-21(27)14-25-23(28)24(11-4-3-5-12-24)18-9-10-19-20(13-18)30-15-29-19/h6-10,13H,3-5,11-12,14-15H2,1-2H3,(H,25,28)(H,26,27). The molecule has 158 valence electrons. The fourth-order valence-electron chi connectivity index (χ4n) is 4.52. The molecule has 4 rings (SSSR count). The van der Waals surface area contributed by atoms with Crippen molar-refractivity contribution in [1.82, 2.24) is 5.32 Å². The molecule has 6 nitrogen and oxygen atoms in total. The van der Waals surface area contributed by atoms with E-state index in [0.717, 1.165) is 54.5 Å². The van der Waals surface area contributed by atoms with Gasteiger partial charge in [0.15, 0.2) is 11.5 Å². The first-order chi connectivity index (χ1) is 14.5. The number of benzene rings is 2. The molecule has 1 heterocycles. The summed E-state index contributed by atoms with van der Waals surface area (Å²) >= 11 is 0. The van der Waals surface area contributed by atoms with Crippen LogP contribution in [0.3, 0.4) is 0 Å². The second kappa shape index (κ2) is 8.38. The third kappa shape index (κ3) is 3.86. The fraction of sp³-hybridized carbons (Fsp3) is 0.417. The molecule has 0 atom stereocenters. The Bertz CT molecular complexity index is 943. The molecule has 30 heavy (non-hydrogen) atoms. The molecular weight excluding hydrogens is 380 g/mol. The van der Waals surface area contributed by atoms with E-state index < -0.39 is 5.41 Å². The highest BCUT2D eigenvalue weighted by atomic mass is 16.7. The number of ether oxygens (including phenoxy) is 2. The summed E-state index contributed by atoms with van der Waals surface area (Å²) in [5, 5.41) is 5.83. The van der Waals surface area contributed by atoms with Crippen LogP contribution < -0.4 is 20.1 Å². The summed E-state index contributed by atoms with van der Waals surface area (Å²) in [5.41, 5.74) is 3.09. The normalized spacial score (nSPS) is 16.7. The topological polar surface area (TPSA) is 76.7 Å². The molecule has 1 fully saturated rings. The second-order valence-electron chi connectivity index (χ2n) is 8.21. The van der Waals surface area contributed by atoms with Gasteiger partial charge in [0.1, 0.15) is 0 Å². The van der Waals surface area contributed by atoms with Crippen molar-refractivity contribution >= 4 is 17.5 Å².